The van der Waals surface area contributed by atoms with Crippen LogP contribution in [-0.4, -0.2) is 17.1 Å². The summed E-state index contributed by atoms with van der Waals surface area (Å²) in [7, 11) is 1.81. The van der Waals surface area contributed by atoms with Gasteiger partial charge in [0.15, 0.2) is 0 Å². The van der Waals surface area contributed by atoms with E-state index in [-0.39, 0.29) is 5.97 Å². The Morgan fingerprint density at radius 3 is 2.58 bits per heavy atom. The zero-order valence-corrected chi connectivity index (χ0v) is 14.1. The molecule has 0 fully saturated rings. The lowest BCUT2D eigenvalue weighted by Gasteiger charge is -2.07. The van der Waals surface area contributed by atoms with Gasteiger partial charge < -0.3 is 9.30 Å². The largest absolute Gasteiger partial charge is 0.461 e. The standard InChI is InChI=1S/C19H15ClN2O2/c1-3-24-19(23)18-9-14-8-15(16(20)10-17(14)22(18)2)13-6-4-12(11-21)5-7-13/h4-10H,3H2,1-2H3. The molecule has 0 atom stereocenters. The van der Waals surface area contributed by atoms with Crippen LogP contribution in [0.1, 0.15) is 23.0 Å². The minimum atomic E-state index is -0.354. The highest BCUT2D eigenvalue weighted by Gasteiger charge is 2.16. The van der Waals surface area contributed by atoms with Crippen molar-refractivity contribution in [2.24, 2.45) is 7.05 Å². The molecule has 0 saturated heterocycles. The van der Waals surface area contributed by atoms with Gasteiger partial charge in [-0.25, -0.2) is 4.79 Å². The number of nitrogens with zero attached hydrogens (tertiary/aromatic N) is 2. The normalized spacial score (nSPS) is 10.6. The second-order valence-corrected chi connectivity index (χ2v) is 5.80. The third kappa shape index (κ3) is 2.75. The molecule has 1 heterocycles. The Labute approximate surface area is 144 Å². The van der Waals surface area contributed by atoms with Crippen molar-refractivity contribution in [3.05, 3.63) is 58.7 Å². The summed E-state index contributed by atoms with van der Waals surface area (Å²) in [6.07, 6.45) is 0. The summed E-state index contributed by atoms with van der Waals surface area (Å²) in [6, 6.07) is 14.9. The highest BCUT2D eigenvalue weighted by molar-refractivity contribution is 6.34. The average molecular weight is 339 g/mol. The third-order valence-electron chi connectivity index (χ3n) is 3.94. The number of nitriles is 1. The number of benzene rings is 2. The van der Waals surface area contributed by atoms with E-state index in [0.29, 0.717) is 22.9 Å². The number of fused-ring (bicyclic) bond motifs is 1. The van der Waals surface area contributed by atoms with Gasteiger partial charge in [0.2, 0.25) is 0 Å². The van der Waals surface area contributed by atoms with Gasteiger partial charge in [0.05, 0.1) is 23.3 Å². The lowest BCUT2D eigenvalue weighted by molar-refractivity contribution is 0.0516. The predicted molar refractivity (Wildman–Crippen MR) is 94.0 cm³/mol. The van der Waals surface area contributed by atoms with Crippen LogP contribution in [0, 0.1) is 11.3 Å². The predicted octanol–water partition coefficient (Wildman–Crippen LogP) is 4.55. The molecule has 0 spiro atoms. The van der Waals surface area contributed by atoms with Gasteiger partial charge >= 0.3 is 5.97 Å². The molecule has 0 saturated carbocycles. The van der Waals surface area contributed by atoms with Gasteiger partial charge in [0, 0.05) is 23.5 Å². The lowest BCUT2D eigenvalue weighted by atomic mass is 10.0. The topological polar surface area (TPSA) is 55.0 Å². The van der Waals surface area contributed by atoms with Crippen LogP contribution in [0.3, 0.4) is 0 Å². The van der Waals surface area contributed by atoms with Crippen LogP contribution in [0.25, 0.3) is 22.0 Å². The number of aromatic nitrogens is 1. The molecule has 3 rings (SSSR count). The van der Waals surface area contributed by atoms with Crippen molar-refractivity contribution >= 4 is 28.5 Å². The number of aryl methyl sites for hydroxylation is 1. The average Bonchev–Trinajstić information content (AvgIpc) is 2.91. The first-order valence-electron chi connectivity index (χ1n) is 7.51. The van der Waals surface area contributed by atoms with Crippen LogP contribution < -0.4 is 0 Å². The fourth-order valence-corrected chi connectivity index (χ4v) is 2.97. The van der Waals surface area contributed by atoms with E-state index in [4.69, 9.17) is 21.6 Å². The first kappa shape index (κ1) is 16.1. The van der Waals surface area contributed by atoms with Crippen LogP contribution >= 0.6 is 11.6 Å². The number of carbonyl (C=O) groups excluding carboxylic acids is 1. The Morgan fingerprint density at radius 2 is 1.96 bits per heavy atom. The summed E-state index contributed by atoms with van der Waals surface area (Å²) in [5.41, 5.74) is 3.72. The molecule has 0 unspecified atom stereocenters. The minimum Gasteiger partial charge on any atom is -0.461 e. The van der Waals surface area contributed by atoms with Crippen molar-refractivity contribution in [2.75, 3.05) is 6.61 Å². The molecule has 4 nitrogen and oxygen atoms in total. The van der Waals surface area contributed by atoms with E-state index in [1.807, 2.05) is 31.3 Å². The van der Waals surface area contributed by atoms with E-state index >= 15 is 0 Å². The SMILES string of the molecule is CCOC(=O)c1cc2cc(-c3ccc(C#N)cc3)c(Cl)cc2n1C. The lowest BCUT2D eigenvalue weighted by Crippen LogP contribution is -2.09. The molecule has 0 aliphatic rings. The van der Waals surface area contributed by atoms with Crippen LogP contribution in [0.4, 0.5) is 0 Å². The number of ether oxygens (including phenoxy) is 1. The summed E-state index contributed by atoms with van der Waals surface area (Å²) in [5, 5.41) is 10.4. The molecule has 5 heteroatoms. The highest BCUT2D eigenvalue weighted by atomic mass is 35.5. The Kier molecular flexibility index (Phi) is 4.28. The van der Waals surface area contributed by atoms with Crippen molar-refractivity contribution in [3.63, 3.8) is 0 Å². The number of rotatable bonds is 3. The van der Waals surface area contributed by atoms with E-state index < -0.39 is 0 Å². The molecule has 0 bridgehead atoms. The van der Waals surface area contributed by atoms with Gasteiger partial charge in [-0.3, -0.25) is 0 Å². The third-order valence-corrected chi connectivity index (χ3v) is 4.25. The molecule has 2 aromatic carbocycles. The summed E-state index contributed by atoms with van der Waals surface area (Å²) < 4.78 is 6.87. The van der Waals surface area contributed by atoms with Crippen molar-refractivity contribution in [2.45, 2.75) is 6.92 Å². The second kappa shape index (κ2) is 6.38. The number of hydrogen-bond acceptors (Lipinski definition) is 3. The van der Waals surface area contributed by atoms with Crippen molar-refractivity contribution < 1.29 is 9.53 Å². The fraction of sp³-hybridized carbons (Fsp3) is 0.158. The molecule has 0 N–H and O–H groups in total. The molecule has 0 aliphatic carbocycles. The molecule has 0 amide bonds. The Morgan fingerprint density at radius 1 is 1.25 bits per heavy atom. The van der Waals surface area contributed by atoms with Crippen LogP contribution in [0.15, 0.2) is 42.5 Å². The molecule has 0 radical (unpaired) electrons. The maximum atomic E-state index is 12.0. The molecule has 0 aliphatic heterocycles. The maximum absolute atomic E-state index is 12.0. The van der Waals surface area contributed by atoms with E-state index in [9.17, 15) is 4.79 Å². The smallest absolute Gasteiger partial charge is 0.354 e. The van der Waals surface area contributed by atoms with Crippen molar-refractivity contribution in [1.82, 2.24) is 4.57 Å². The number of carbonyl (C=O) groups is 1. The number of esters is 1. The maximum Gasteiger partial charge on any atom is 0.354 e. The van der Waals surface area contributed by atoms with Crippen LogP contribution in [0.2, 0.25) is 5.02 Å². The summed E-state index contributed by atoms with van der Waals surface area (Å²) in [6.45, 7) is 2.11. The van der Waals surface area contributed by atoms with E-state index in [0.717, 1.165) is 22.0 Å². The van der Waals surface area contributed by atoms with Crippen LogP contribution in [0.5, 0.6) is 0 Å². The molecular weight excluding hydrogens is 324 g/mol. The van der Waals surface area contributed by atoms with Gasteiger partial charge in [-0.05, 0) is 42.8 Å². The Balaban J connectivity index is 2.12. The van der Waals surface area contributed by atoms with Gasteiger partial charge in [-0.2, -0.15) is 5.26 Å². The van der Waals surface area contributed by atoms with Crippen molar-refractivity contribution in [3.8, 4) is 17.2 Å². The highest BCUT2D eigenvalue weighted by Crippen LogP contribution is 2.33. The van der Waals surface area contributed by atoms with Gasteiger partial charge in [-0.1, -0.05) is 23.7 Å². The quantitative estimate of drug-likeness (QED) is 0.658. The first-order chi connectivity index (χ1) is 11.5. The minimum absolute atomic E-state index is 0.331. The summed E-state index contributed by atoms with van der Waals surface area (Å²) in [4.78, 5) is 12.0. The molecule has 1 aromatic heterocycles. The fourth-order valence-electron chi connectivity index (χ4n) is 2.71. The Hall–Kier alpha value is -2.77. The van der Waals surface area contributed by atoms with Gasteiger partial charge in [-0.15, -0.1) is 0 Å². The number of halogens is 1. The van der Waals surface area contributed by atoms with Gasteiger partial charge in [0.1, 0.15) is 5.69 Å². The zero-order valence-electron chi connectivity index (χ0n) is 13.3. The second-order valence-electron chi connectivity index (χ2n) is 5.39. The van der Waals surface area contributed by atoms with E-state index in [2.05, 4.69) is 6.07 Å². The number of hydrogen-bond donors (Lipinski definition) is 0. The van der Waals surface area contributed by atoms with Gasteiger partial charge in [0.25, 0.3) is 0 Å². The Bertz CT molecular complexity index is 966. The molecular formula is C19H15ClN2O2. The van der Waals surface area contributed by atoms with Crippen molar-refractivity contribution in [1.29, 1.82) is 5.26 Å². The summed E-state index contributed by atoms with van der Waals surface area (Å²) in [5.74, 6) is -0.354. The van der Waals surface area contributed by atoms with E-state index in [1.54, 1.807) is 29.7 Å². The first-order valence-corrected chi connectivity index (χ1v) is 7.89. The molecule has 3 aromatic rings. The van der Waals surface area contributed by atoms with Crippen LogP contribution in [-0.2, 0) is 11.8 Å². The molecule has 120 valence electrons. The summed E-state index contributed by atoms with van der Waals surface area (Å²) >= 11 is 6.44. The monoisotopic (exact) mass is 338 g/mol. The van der Waals surface area contributed by atoms with E-state index in [1.165, 1.54) is 0 Å². The molecule has 24 heavy (non-hydrogen) atoms. The zero-order chi connectivity index (χ0) is 17.3.